The molecule has 1 heteroatoms. The highest BCUT2D eigenvalue weighted by Crippen LogP contribution is 2.21. The van der Waals surface area contributed by atoms with Gasteiger partial charge in [0.25, 0.3) is 0 Å². The molecule has 0 unspecified atom stereocenters. The van der Waals surface area contributed by atoms with E-state index in [0.717, 1.165) is 0 Å². The van der Waals surface area contributed by atoms with Crippen LogP contribution in [0.25, 0.3) is 0 Å². The van der Waals surface area contributed by atoms with Crippen LogP contribution in [0.1, 0.15) is 227 Å². The molecule has 0 saturated heterocycles. The summed E-state index contributed by atoms with van der Waals surface area (Å²) in [6.45, 7) is 15.3. The molecule has 0 aliphatic carbocycles. The van der Waals surface area contributed by atoms with Gasteiger partial charge in [0, 0.05) is 0 Å². The minimum Gasteiger partial charge on any atom is -0.324 e. The zero-order valence-corrected chi connectivity index (χ0v) is 29.2. The van der Waals surface area contributed by atoms with E-state index in [0.29, 0.717) is 0 Å². The molecule has 0 saturated carbocycles. The van der Waals surface area contributed by atoms with Crippen LogP contribution in [0, 0.1) is 0 Å². The van der Waals surface area contributed by atoms with E-state index in [-0.39, 0.29) is 0 Å². The SMILES string of the molecule is CCCCCCCCCCCC[N+](CCCCCCCCC)(CCCCCCCCC)CCCCCCCCC. The Hall–Kier alpha value is -0.0400. The van der Waals surface area contributed by atoms with Crippen LogP contribution in [0.2, 0.25) is 0 Å². The van der Waals surface area contributed by atoms with Gasteiger partial charge in [-0.1, -0.05) is 175 Å². The Morgan fingerprint density at radius 3 is 0.525 bits per heavy atom. The van der Waals surface area contributed by atoms with Crippen molar-refractivity contribution in [3.05, 3.63) is 0 Å². The number of unbranched alkanes of at least 4 members (excludes halogenated alkanes) is 27. The van der Waals surface area contributed by atoms with Crippen LogP contribution >= 0.6 is 0 Å². The topological polar surface area (TPSA) is 0 Å². The molecule has 0 fully saturated rings. The number of hydrogen-bond donors (Lipinski definition) is 0. The lowest BCUT2D eigenvalue weighted by molar-refractivity contribution is -0.929. The van der Waals surface area contributed by atoms with E-state index in [1.54, 1.807) is 0 Å². The quantitative estimate of drug-likeness (QED) is 0.0530. The molecule has 242 valence electrons. The second-order valence-corrected chi connectivity index (χ2v) is 13.8. The Balaban J connectivity index is 4.76. The molecule has 40 heavy (non-hydrogen) atoms. The molecule has 0 bridgehead atoms. The second-order valence-electron chi connectivity index (χ2n) is 13.8. The largest absolute Gasteiger partial charge is 0.324 e. The molecule has 0 radical (unpaired) electrons. The molecule has 0 aliphatic rings. The molecule has 0 aromatic carbocycles. The van der Waals surface area contributed by atoms with Gasteiger partial charge in [0.1, 0.15) is 0 Å². The fraction of sp³-hybridized carbons (Fsp3) is 1.00. The van der Waals surface area contributed by atoms with Crippen molar-refractivity contribution in [2.24, 2.45) is 0 Å². The first kappa shape index (κ1) is 40.0. The molecule has 0 N–H and O–H groups in total. The summed E-state index contributed by atoms with van der Waals surface area (Å²) in [7, 11) is 0. The number of quaternary nitrogens is 1. The first-order valence-corrected chi connectivity index (χ1v) is 19.6. The maximum absolute atomic E-state index is 2.34. The van der Waals surface area contributed by atoms with Gasteiger partial charge < -0.3 is 4.48 Å². The smallest absolute Gasteiger partial charge is 0.0786 e. The number of nitrogens with zero attached hydrogens (tertiary/aromatic N) is 1. The average molecular weight is 565 g/mol. The van der Waals surface area contributed by atoms with Crippen LogP contribution < -0.4 is 0 Å². The molecule has 0 aromatic rings. The van der Waals surface area contributed by atoms with E-state index in [4.69, 9.17) is 0 Å². The molecular weight excluding hydrogens is 482 g/mol. The molecule has 0 spiro atoms. The van der Waals surface area contributed by atoms with Crippen molar-refractivity contribution < 1.29 is 4.48 Å². The van der Waals surface area contributed by atoms with Crippen LogP contribution in [0.15, 0.2) is 0 Å². The fourth-order valence-corrected chi connectivity index (χ4v) is 6.82. The van der Waals surface area contributed by atoms with Crippen molar-refractivity contribution in [1.29, 1.82) is 0 Å². The first-order valence-electron chi connectivity index (χ1n) is 19.6. The van der Waals surface area contributed by atoms with Gasteiger partial charge >= 0.3 is 0 Å². The van der Waals surface area contributed by atoms with Crippen LogP contribution in [-0.4, -0.2) is 30.7 Å². The highest BCUT2D eigenvalue weighted by molar-refractivity contribution is 4.55. The first-order chi connectivity index (χ1) is 19.7. The zero-order chi connectivity index (χ0) is 29.2. The third-order valence-electron chi connectivity index (χ3n) is 9.69. The van der Waals surface area contributed by atoms with Crippen molar-refractivity contribution in [2.75, 3.05) is 26.2 Å². The molecule has 1 nitrogen and oxygen atoms in total. The summed E-state index contributed by atoms with van der Waals surface area (Å²) in [5.74, 6) is 0. The van der Waals surface area contributed by atoms with Crippen molar-refractivity contribution in [2.45, 2.75) is 227 Å². The van der Waals surface area contributed by atoms with E-state index in [1.807, 2.05) is 0 Å². The fourth-order valence-electron chi connectivity index (χ4n) is 6.82. The van der Waals surface area contributed by atoms with Gasteiger partial charge in [-0.25, -0.2) is 0 Å². The molecule has 0 atom stereocenters. The van der Waals surface area contributed by atoms with Crippen LogP contribution in [0.4, 0.5) is 0 Å². The standard InChI is InChI=1S/C39H82N/c1-5-9-13-17-21-22-23-27-31-35-39-40(36-32-28-24-18-14-10-6-2,37-33-29-25-19-15-11-7-3)38-34-30-26-20-16-12-8-4/h5-39H2,1-4H3/q+1. The normalized spacial score (nSPS) is 12.0. The van der Waals surface area contributed by atoms with Crippen LogP contribution in [-0.2, 0) is 0 Å². The van der Waals surface area contributed by atoms with Crippen molar-refractivity contribution in [1.82, 2.24) is 0 Å². The van der Waals surface area contributed by atoms with Crippen molar-refractivity contribution >= 4 is 0 Å². The maximum Gasteiger partial charge on any atom is 0.0786 e. The molecule has 0 aliphatic heterocycles. The highest BCUT2D eigenvalue weighted by atomic mass is 15.3. The van der Waals surface area contributed by atoms with Crippen molar-refractivity contribution in [3.8, 4) is 0 Å². The predicted octanol–water partition coefficient (Wildman–Crippen LogP) is 14.0. The zero-order valence-electron chi connectivity index (χ0n) is 29.2. The minimum absolute atomic E-state index is 1.37. The Kier molecular flexibility index (Phi) is 33.4. The molecular formula is C39H82N+. The molecule has 0 aromatic heterocycles. The van der Waals surface area contributed by atoms with E-state index in [2.05, 4.69) is 27.7 Å². The van der Waals surface area contributed by atoms with Crippen molar-refractivity contribution in [3.63, 3.8) is 0 Å². The van der Waals surface area contributed by atoms with Crippen LogP contribution in [0.3, 0.4) is 0 Å². The highest BCUT2D eigenvalue weighted by Gasteiger charge is 2.25. The summed E-state index contributed by atoms with van der Waals surface area (Å²) >= 11 is 0. The summed E-state index contributed by atoms with van der Waals surface area (Å²) in [6.07, 6.45) is 45.2. The Labute approximate surface area is 257 Å². The second kappa shape index (κ2) is 33.5. The van der Waals surface area contributed by atoms with E-state index in [1.165, 1.54) is 230 Å². The molecule has 0 amide bonds. The van der Waals surface area contributed by atoms with Gasteiger partial charge in [0.15, 0.2) is 0 Å². The number of rotatable bonds is 35. The summed E-state index contributed by atoms with van der Waals surface area (Å²) in [6, 6.07) is 0. The lowest BCUT2D eigenvalue weighted by Gasteiger charge is -2.40. The van der Waals surface area contributed by atoms with Gasteiger partial charge in [-0.3, -0.25) is 0 Å². The van der Waals surface area contributed by atoms with Gasteiger partial charge in [0.2, 0.25) is 0 Å². The lowest BCUT2D eigenvalue weighted by Crippen LogP contribution is -2.50. The number of hydrogen-bond acceptors (Lipinski definition) is 0. The van der Waals surface area contributed by atoms with Gasteiger partial charge in [-0.05, 0) is 51.4 Å². The predicted molar refractivity (Wildman–Crippen MR) is 186 cm³/mol. The van der Waals surface area contributed by atoms with E-state index < -0.39 is 0 Å². The molecule has 0 rings (SSSR count). The van der Waals surface area contributed by atoms with E-state index in [9.17, 15) is 0 Å². The summed E-state index contributed by atoms with van der Waals surface area (Å²) in [5.41, 5.74) is 0. The Morgan fingerprint density at radius 1 is 0.200 bits per heavy atom. The Bertz CT molecular complexity index is 399. The monoisotopic (exact) mass is 565 g/mol. The molecule has 0 heterocycles. The summed E-state index contributed by atoms with van der Waals surface area (Å²) < 4.78 is 1.48. The minimum atomic E-state index is 1.37. The third-order valence-corrected chi connectivity index (χ3v) is 9.69. The van der Waals surface area contributed by atoms with Gasteiger partial charge in [-0.15, -0.1) is 0 Å². The van der Waals surface area contributed by atoms with Gasteiger partial charge in [0.05, 0.1) is 26.2 Å². The summed E-state index contributed by atoms with van der Waals surface area (Å²) in [4.78, 5) is 0. The summed E-state index contributed by atoms with van der Waals surface area (Å²) in [5, 5.41) is 0. The maximum atomic E-state index is 2.34. The Morgan fingerprint density at radius 2 is 0.350 bits per heavy atom. The lowest BCUT2D eigenvalue weighted by atomic mass is 10.0. The van der Waals surface area contributed by atoms with E-state index >= 15 is 0 Å². The average Bonchev–Trinajstić information content (AvgIpc) is 2.96. The van der Waals surface area contributed by atoms with Gasteiger partial charge in [-0.2, -0.15) is 0 Å². The van der Waals surface area contributed by atoms with Crippen LogP contribution in [0.5, 0.6) is 0 Å². The third kappa shape index (κ3) is 28.1.